The van der Waals surface area contributed by atoms with Crippen LogP contribution in [0.4, 0.5) is 14.5 Å². The second-order valence-corrected chi connectivity index (χ2v) is 8.44. The third kappa shape index (κ3) is 6.04. The fourth-order valence-corrected chi connectivity index (χ4v) is 4.32. The number of hydrogen-bond donors (Lipinski definition) is 2. The predicted octanol–water partition coefficient (Wildman–Crippen LogP) is 1.98. The van der Waals surface area contributed by atoms with Gasteiger partial charge in [0.15, 0.2) is 5.96 Å². The molecule has 0 radical (unpaired) electrons. The molecule has 0 saturated carbocycles. The predicted molar refractivity (Wildman–Crippen MR) is 119 cm³/mol. The molecule has 0 spiro atoms. The molecule has 168 valence electrons. The van der Waals surface area contributed by atoms with Gasteiger partial charge in [-0.15, -0.1) is 0 Å². The molecule has 6 nitrogen and oxygen atoms in total. The lowest BCUT2D eigenvalue weighted by molar-refractivity contribution is 0.124. The van der Waals surface area contributed by atoms with Crippen molar-refractivity contribution in [2.24, 2.45) is 10.9 Å². The molecule has 0 aliphatic carbocycles. The minimum Gasteiger partial charge on any atom is -0.365 e. The van der Waals surface area contributed by atoms with E-state index >= 15 is 0 Å². The summed E-state index contributed by atoms with van der Waals surface area (Å²) in [6.45, 7) is 13.3. The highest BCUT2D eigenvalue weighted by Gasteiger charge is 2.27. The van der Waals surface area contributed by atoms with Crippen LogP contribution in [-0.4, -0.2) is 87.8 Å². The maximum atomic E-state index is 14.1. The summed E-state index contributed by atoms with van der Waals surface area (Å²) in [5.41, 5.74) is 0.0709. The lowest BCUT2D eigenvalue weighted by Gasteiger charge is -2.35. The van der Waals surface area contributed by atoms with Crippen molar-refractivity contribution in [3.63, 3.8) is 0 Å². The molecule has 0 bridgehead atoms. The van der Waals surface area contributed by atoms with Crippen LogP contribution in [0.3, 0.4) is 0 Å². The molecule has 1 aromatic rings. The summed E-state index contributed by atoms with van der Waals surface area (Å²) in [6, 6.07) is 4.12. The van der Waals surface area contributed by atoms with Crippen LogP contribution in [0.25, 0.3) is 0 Å². The van der Waals surface area contributed by atoms with E-state index in [4.69, 9.17) is 0 Å². The van der Waals surface area contributed by atoms with Gasteiger partial charge in [0.1, 0.15) is 17.3 Å². The fourth-order valence-electron chi connectivity index (χ4n) is 4.32. The summed E-state index contributed by atoms with van der Waals surface area (Å²) in [5.74, 6) is 0.237. The van der Waals surface area contributed by atoms with Gasteiger partial charge in [-0.2, -0.15) is 0 Å². The summed E-state index contributed by atoms with van der Waals surface area (Å²) in [6.07, 6.45) is 0.811. The fraction of sp³-hybridized carbons (Fsp3) is 0.682. The van der Waals surface area contributed by atoms with Gasteiger partial charge in [-0.05, 0) is 31.0 Å². The van der Waals surface area contributed by atoms with Crippen LogP contribution in [0, 0.1) is 17.6 Å². The summed E-state index contributed by atoms with van der Waals surface area (Å²) < 4.78 is 28.1. The van der Waals surface area contributed by atoms with Crippen LogP contribution in [0.2, 0.25) is 0 Å². The Bertz CT molecular complexity index is 685. The number of guanidine groups is 1. The van der Waals surface area contributed by atoms with Gasteiger partial charge < -0.3 is 25.3 Å². The van der Waals surface area contributed by atoms with Gasteiger partial charge in [0.25, 0.3) is 0 Å². The molecule has 2 aliphatic rings. The topological polar surface area (TPSA) is 46.1 Å². The lowest BCUT2D eigenvalue weighted by Crippen LogP contribution is -2.49. The molecule has 2 fully saturated rings. The van der Waals surface area contributed by atoms with Crippen LogP contribution in [0.1, 0.15) is 20.3 Å². The third-order valence-electron chi connectivity index (χ3n) is 6.11. The van der Waals surface area contributed by atoms with Crippen LogP contribution in [-0.2, 0) is 0 Å². The highest BCUT2D eigenvalue weighted by atomic mass is 19.1. The highest BCUT2D eigenvalue weighted by molar-refractivity contribution is 5.80. The Morgan fingerprint density at radius 3 is 2.43 bits per heavy atom. The van der Waals surface area contributed by atoms with Gasteiger partial charge in [0, 0.05) is 65.4 Å². The number of halogens is 2. The van der Waals surface area contributed by atoms with Crippen molar-refractivity contribution in [3.05, 3.63) is 29.8 Å². The molecular formula is C22H36F2N6. The summed E-state index contributed by atoms with van der Waals surface area (Å²) in [4.78, 5) is 11.1. The number of para-hydroxylation sites is 1. The first-order valence-electron chi connectivity index (χ1n) is 11.1. The van der Waals surface area contributed by atoms with Gasteiger partial charge >= 0.3 is 0 Å². The van der Waals surface area contributed by atoms with Crippen molar-refractivity contribution < 1.29 is 8.78 Å². The first-order valence-corrected chi connectivity index (χ1v) is 11.1. The average Bonchev–Trinajstić information content (AvgIpc) is 3.19. The smallest absolute Gasteiger partial charge is 0.191 e. The number of nitrogens with one attached hydrogen (secondary N) is 2. The zero-order valence-electron chi connectivity index (χ0n) is 18.5. The van der Waals surface area contributed by atoms with E-state index in [2.05, 4.69) is 39.3 Å². The zero-order chi connectivity index (χ0) is 21.5. The number of anilines is 1. The Morgan fingerprint density at radius 2 is 1.80 bits per heavy atom. The number of likely N-dealkylation sites (N-methyl/N-ethyl adjacent to an activating group) is 1. The average molecular weight is 423 g/mol. The van der Waals surface area contributed by atoms with E-state index in [0.29, 0.717) is 19.0 Å². The van der Waals surface area contributed by atoms with E-state index in [0.717, 1.165) is 58.2 Å². The standard InChI is InChI=1S/C22H36F2N6/c1-4-28-10-12-29(13-11-28)15-17(2)14-26-22(25-3)27-18-8-9-30(16-18)21-19(23)6-5-7-20(21)24/h5-7,17-18H,4,8-16H2,1-3H3,(H2,25,26,27). The molecule has 1 aromatic carbocycles. The number of piperazine rings is 1. The van der Waals surface area contributed by atoms with Gasteiger partial charge in [0.2, 0.25) is 0 Å². The Morgan fingerprint density at radius 1 is 1.13 bits per heavy atom. The molecule has 2 saturated heterocycles. The molecule has 2 aliphatic heterocycles. The second-order valence-electron chi connectivity index (χ2n) is 8.44. The molecule has 3 rings (SSSR count). The molecule has 30 heavy (non-hydrogen) atoms. The van der Waals surface area contributed by atoms with Crippen molar-refractivity contribution in [2.45, 2.75) is 26.3 Å². The molecule has 0 aromatic heterocycles. The van der Waals surface area contributed by atoms with Gasteiger partial charge in [0.05, 0.1) is 0 Å². The number of hydrogen-bond acceptors (Lipinski definition) is 4. The second kappa shape index (κ2) is 10.9. The molecule has 8 heteroatoms. The van der Waals surface area contributed by atoms with E-state index < -0.39 is 11.6 Å². The van der Waals surface area contributed by atoms with Crippen LogP contribution in [0.15, 0.2) is 23.2 Å². The van der Waals surface area contributed by atoms with Gasteiger partial charge in [-0.25, -0.2) is 8.78 Å². The Balaban J connectivity index is 1.42. The Kier molecular flexibility index (Phi) is 8.27. The minimum absolute atomic E-state index is 0.0709. The van der Waals surface area contributed by atoms with Crippen LogP contribution < -0.4 is 15.5 Å². The van der Waals surface area contributed by atoms with E-state index in [9.17, 15) is 8.78 Å². The maximum Gasteiger partial charge on any atom is 0.191 e. The molecule has 2 unspecified atom stereocenters. The summed E-state index contributed by atoms with van der Waals surface area (Å²) in [5, 5.41) is 6.83. The largest absolute Gasteiger partial charge is 0.365 e. The number of rotatable bonds is 7. The van der Waals surface area contributed by atoms with Crippen molar-refractivity contribution in [3.8, 4) is 0 Å². The zero-order valence-corrected chi connectivity index (χ0v) is 18.5. The molecule has 2 atom stereocenters. The van der Waals surface area contributed by atoms with Crippen molar-refractivity contribution in [1.82, 2.24) is 20.4 Å². The van der Waals surface area contributed by atoms with Crippen molar-refractivity contribution in [2.75, 3.05) is 70.9 Å². The number of benzene rings is 1. The minimum atomic E-state index is -0.508. The SMILES string of the molecule is CCN1CCN(CC(C)CNC(=NC)NC2CCN(c3c(F)cccc3F)C2)CC1. The summed E-state index contributed by atoms with van der Waals surface area (Å²) in [7, 11) is 1.76. The number of nitrogens with zero attached hydrogens (tertiary/aromatic N) is 4. The number of aliphatic imine (C=N–C) groups is 1. The van der Waals surface area contributed by atoms with E-state index in [1.54, 1.807) is 11.9 Å². The van der Waals surface area contributed by atoms with Gasteiger partial charge in [-0.3, -0.25) is 4.99 Å². The first kappa shape index (κ1) is 22.7. The maximum absolute atomic E-state index is 14.1. The third-order valence-corrected chi connectivity index (χ3v) is 6.11. The van der Waals surface area contributed by atoms with Crippen molar-refractivity contribution >= 4 is 11.6 Å². The van der Waals surface area contributed by atoms with E-state index in [1.807, 2.05) is 0 Å². The molecular weight excluding hydrogens is 386 g/mol. The molecule has 0 amide bonds. The van der Waals surface area contributed by atoms with Crippen molar-refractivity contribution in [1.29, 1.82) is 0 Å². The highest BCUT2D eigenvalue weighted by Crippen LogP contribution is 2.26. The van der Waals surface area contributed by atoms with Crippen LogP contribution in [0.5, 0.6) is 0 Å². The van der Waals surface area contributed by atoms with E-state index in [1.165, 1.54) is 18.2 Å². The lowest BCUT2D eigenvalue weighted by atomic mass is 10.1. The Hall–Kier alpha value is -1.93. The van der Waals surface area contributed by atoms with Gasteiger partial charge in [-0.1, -0.05) is 19.9 Å². The molecule has 2 heterocycles. The first-order chi connectivity index (χ1) is 14.5. The summed E-state index contributed by atoms with van der Waals surface area (Å²) >= 11 is 0. The molecule has 2 N–H and O–H groups in total. The normalized spacial score (nSPS) is 22.4. The monoisotopic (exact) mass is 422 g/mol. The quantitative estimate of drug-likeness (QED) is 0.520. The van der Waals surface area contributed by atoms with Crippen LogP contribution >= 0.6 is 0 Å². The Labute approximate surface area is 179 Å². The van der Waals surface area contributed by atoms with E-state index in [-0.39, 0.29) is 11.7 Å².